The van der Waals surface area contributed by atoms with Gasteiger partial charge in [0.2, 0.25) is 6.79 Å². The Hall–Kier alpha value is -1.72. The van der Waals surface area contributed by atoms with E-state index in [1.54, 1.807) is 13.2 Å². The Labute approximate surface area is 119 Å². The molecule has 5 heteroatoms. The molecule has 5 nitrogen and oxygen atoms in total. The van der Waals surface area contributed by atoms with Crippen molar-refractivity contribution in [3.63, 3.8) is 0 Å². The maximum absolute atomic E-state index is 5.85. The normalized spacial score (nSPS) is 14.1. The SMILES string of the molecule is C=CC(C)Oc1cc2c(cc1CNCCOC)OCO2. The minimum absolute atomic E-state index is 0.0619. The molecule has 1 atom stereocenters. The lowest BCUT2D eigenvalue weighted by molar-refractivity contribution is 0.173. The van der Waals surface area contributed by atoms with Gasteiger partial charge in [-0.25, -0.2) is 0 Å². The highest BCUT2D eigenvalue weighted by molar-refractivity contribution is 5.52. The zero-order valence-electron chi connectivity index (χ0n) is 12.0. The van der Waals surface area contributed by atoms with Gasteiger partial charge in [0.1, 0.15) is 11.9 Å². The van der Waals surface area contributed by atoms with Gasteiger partial charge in [-0.2, -0.15) is 0 Å². The average molecular weight is 279 g/mol. The molecule has 1 aliphatic heterocycles. The van der Waals surface area contributed by atoms with E-state index in [1.165, 1.54) is 0 Å². The predicted molar refractivity (Wildman–Crippen MR) is 76.4 cm³/mol. The maximum atomic E-state index is 5.85. The number of hydrogen-bond donors (Lipinski definition) is 1. The van der Waals surface area contributed by atoms with Crippen LogP contribution in [0.15, 0.2) is 24.8 Å². The second kappa shape index (κ2) is 7.17. The van der Waals surface area contributed by atoms with E-state index in [4.69, 9.17) is 18.9 Å². The number of benzene rings is 1. The van der Waals surface area contributed by atoms with Crippen molar-refractivity contribution in [1.82, 2.24) is 5.32 Å². The summed E-state index contributed by atoms with van der Waals surface area (Å²) in [5.41, 5.74) is 1.03. The zero-order chi connectivity index (χ0) is 14.4. The van der Waals surface area contributed by atoms with Gasteiger partial charge in [-0.15, -0.1) is 0 Å². The topological polar surface area (TPSA) is 49.0 Å². The Kier molecular flexibility index (Phi) is 5.26. The van der Waals surface area contributed by atoms with Crippen molar-refractivity contribution in [2.45, 2.75) is 19.6 Å². The first-order chi connectivity index (χ1) is 9.74. The van der Waals surface area contributed by atoms with E-state index in [9.17, 15) is 0 Å². The van der Waals surface area contributed by atoms with Gasteiger partial charge in [0, 0.05) is 31.8 Å². The van der Waals surface area contributed by atoms with Crippen molar-refractivity contribution < 1.29 is 18.9 Å². The van der Waals surface area contributed by atoms with Crippen LogP contribution in [-0.2, 0) is 11.3 Å². The first-order valence-electron chi connectivity index (χ1n) is 6.66. The Balaban J connectivity index is 2.11. The van der Waals surface area contributed by atoms with E-state index in [-0.39, 0.29) is 12.9 Å². The van der Waals surface area contributed by atoms with Crippen LogP contribution >= 0.6 is 0 Å². The average Bonchev–Trinajstić information content (AvgIpc) is 2.90. The minimum atomic E-state index is -0.0619. The fourth-order valence-electron chi connectivity index (χ4n) is 1.86. The summed E-state index contributed by atoms with van der Waals surface area (Å²) in [7, 11) is 1.68. The van der Waals surface area contributed by atoms with Gasteiger partial charge in [-0.05, 0) is 13.0 Å². The highest BCUT2D eigenvalue weighted by Gasteiger charge is 2.18. The summed E-state index contributed by atoms with van der Waals surface area (Å²) in [5.74, 6) is 2.26. The van der Waals surface area contributed by atoms with E-state index in [0.29, 0.717) is 13.2 Å². The molecule has 1 aromatic rings. The first kappa shape index (κ1) is 14.7. The number of hydrogen-bond acceptors (Lipinski definition) is 5. The highest BCUT2D eigenvalue weighted by Crippen LogP contribution is 2.38. The molecule has 1 aromatic carbocycles. The van der Waals surface area contributed by atoms with Crippen LogP contribution in [0.1, 0.15) is 12.5 Å². The van der Waals surface area contributed by atoms with Crippen LogP contribution in [0.2, 0.25) is 0 Å². The summed E-state index contributed by atoms with van der Waals surface area (Å²) in [6, 6.07) is 3.82. The van der Waals surface area contributed by atoms with Crippen molar-refractivity contribution in [2.75, 3.05) is 27.1 Å². The molecule has 0 saturated carbocycles. The monoisotopic (exact) mass is 279 g/mol. The van der Waals surface area contributed by atoms with Gasteiger partial charge in [-0.1, -0.05) is 12.7 Å². The smallest absolute Gasteiger partial charge is 0.231 e. The van der Waals surface area contributed by atoms with Gasteiger partial charge >= 0.3 is 0 Å². The Bertz CT molecular complexity index is 461. The van der Waals surface area contributed by atoms with Gasteiger partial charge in [-0.3, -0.25) is 0 Å². The molecule has 0 aromatic heterocycles. The van der Waals surface area contributed by atoms with Crippen molar-refractivity contribution in [3.8, 4) is 17.2 Å². The molecule has 0 aliphatic carbocycles. The second-order valence-electron chi connectivity index (χ2n) is 4.54. The Morgan fingerprint density at radius 1 is 1.40 bits per heavy atom. The molecule has 0 bridgehead atoms. The largest absolute Gasteiger partial charge is 0.486 e. The number of methoxy groups -OCH3 is 1. The Morgan fingerprint density at radius 2 is 2.15 bits per heavy atom. The van der Waals surface area contributed by atoms with E-state index >= 15 is 0 Å². The summed E-state index contributed by atoms with van der Waals surface area (Å²) in [6.07, 6.45) is 1.69. The Morgan fingerprint density at radius 3 is 2.85 bits per heavy atom. The molecule has 110 valence electrons. The second-order valence-corrected chi connectivity index (χ2v) is 4.54. The molecule has 2 rings (SSSR count). The van der Waals surface area contributed by atoms with Gasteiger partial charge in [0.15, 0.2) is 11.5 Å². The molecule has 0 fully saturated rings. The molecule has 0 amide bonds. The van der Waals surface area contributed by atoms with E-state index < -0.39 is 0 Å². The van der Waals surface area contributed by atoms with Crippen LogP contribution in [0, 0.1) is 0 Å². The summed E-state index contributed by atoms with van der Waals surface area (Å²) in [6.45, 7) is 8.06. The van der Waals surface area contributed by atoms with Crippen molar-refractivity contribution in [2.24, 2.45) is 0 Å². The van der Waals surface area contributed by atoms with Crippen molar-refractivity contribution in [1.29, 1.82) is 0 Å². The van der Waals surface area contributed by atoms with Crippen molar-refractivity contribution in [3.05, 3.63) is 30.4 Å². The van der Waals surface area contributed by atoms with Gasteiger partial charge in [0.25, 0.3) is 0 Å². The fourth-order valence-corrected chi connectivity index (χ4v) is 1.86. The zero-order valence-corrected chi connectivity index (χ0v) is 12.0. The molecule has 1 aliphatic rings. The third-order valence-electron chi connectivity index (χ3n) is 3.00. The predicted octanol–water partition coefficient (Wildman–Crippen LogP) is 2.10. The molecule has 1 N–H and O–H groups in total. The summed E-state index contributed by atoms with van der Waals surface area (Å²) in [5, 5.41) is 3.30. The standard InChI is InChI=1S/C15H21NO4/c1-4-11(2)20-13-8-15-14(18-10-19-15)7-12(13)9-16-5-6-17-3/h4,7-8,11,16H,1,5-6,9-10H2,2-3H3. The van der Waals surface area contributed by atoms with Crippen LogP contribution in [0.5, 0.6) is 17.2 Å². The molecular formula is C15H21NO4. The fraction of sp³-hybridized carbons (Fsp3) is 0.467. The molecule has 1 unspecified atom stereocenters. The van der Waals surface area contributed by atoms with E-state index in [0.717, 1.165) is 29.4 Å². The lowest BCUT2D eigenvalue weighted by Gasteiger charge is -2.16. The molecule has 20 heavy (non-hydrogen) atoms. The number of nitrogens with one attached hydrogen (secondary N) is 1. The number of fused-ring (bicyclic) bond motifs is 1. The third kappa shape index (κ3) is 3.65. The highest BCUT2D eigenvalue weighted by atomic mass is 16.7. The van der Waals surface area contributed by atoms with Crippen LogP contribution < -0.4 is 19.5 Å². The number of rotatable bonds is 8. The summed E-state index contributed by atoms with van der Waals surface area (Å²) >= 11 is 0. The summed E-state index contributed by atoms with van der Waals surface area (Å²) < 4.78 is 21.7. The lowest BCUT2D eigenvalue weighted by atomic mass is 10.1. The number of ether oxygens (including phenoxy) is 4. The first-order valence-corrected chi connectivity index (χ1v) is 6.66. The van der Waals surface area contributed by atoms with E-state index in [2.05, 4.69) is 11.9 Å². The summed E-state index contributed by atoms with van der Waals surface area (Å²) in [4.78, 5) is 0. The molecule has 1 heterocycles. The van der Waals surface area contributed by atoms with Crippen molar-refractivity contribution >= 4 is 0 Å². The van der Waals surface area contributed by atoms with E-state index in [1.807, 2.05) is 19.1 Å². The van der Waals surface area contributed by atoms with Crippen LogP contribution in [0.3, 0.4) is 0 Å². The van der Waals surface area contributed by atoms with Crippen LogP contribution in [0.25, 0.3) is 0 Å². The third-order valence-corrected chi connectivity index (χ3v) is 3.00. The quantitative estimate of drug-likeness (QED) is 0.583. The van der Waals surface area contributed by atoms with Crippen LogP contribution in [-0.4, -0.2) is 33.2 Å². The van der Waals surface area contributed by atoms with Crippen LogP contribution in [0.4, 0.5) is 0 Å². The molecular weight excluding hydrogens is 258 g/mol. The molecule has 0 saturated heterocycles. The molecule has 0 radical (unpaired) electrons. The van der Waals surface area contributed by atoms with Gasteiger partial charge in [0.05, 0.1) is 6.61 Å². The minimum Gasteiger partial charge on any atom is -0.486 e. The lowest BCUT2D eigenvalue weighted by Crippen LogP contribution is -2.19. The molecule has 0 spiro atoms. The van der Waals surface area contributed by atoms with Gasteiger partial charge < -0.3 is 24.3 Å². The maximum Gasteiger partial charge on any atom is 0.231 e.